The standard InChI is InChI=1S/C14H13F3N4O2S/c1-8-20-21-13(24-8)19-11(22)7-10(9-5-3-2-4-6-9)18-12(23)14(15,16)17/h2-6,10H,7H2,1H3,(H,18,23)(H,19,21,22)/t10-/m1/s1. The van der Waals surface area contributed by atoms with Gasteiger partial charge in [-0.05, 0) is 12.5 Å². The second kappa shape index (κ2) is 7.39. The normalized spacial score (nSPS) is 12.5. The molecule has 0 unspecified atom stereocenters. The SMILES string of the molecule is Cc1nnc(NC(=O)C[C@@H](NC(=O)C(F)(F)F)c2ccccc2)s1. The lowest BCUT2D eigenvalue weighted by Gasteiger charge is -2.19. The Bertz CT molecular complexity index is 718. The van der Waals surface area contributed by atoms with E-state index in [4.69, 9.17) is 0 Å². The number of alkyl halides is 3. The molecular formula is C14H13F3N4O2S. The van der Waals surface area contributed by atoms with E-state index in [-0.39, 0.29) is 11.6 Å². The molecule has 128 valence electrons. The van der Waals surface area contributed by atoms with Crippen LogP contribution in [0.5, 0.6) is 0 Å². The first kappa shape index (κ1) is 17.9. The van der Waals surface area contributed by atoms with E-state index in [1.165, 1.54) is 12.1 Å². The number of carbonyl (C=O) groups excluding carboxylic acids is 2. The predicted octanol–water partition coefficient (Wildman–Crippen LogP) is 2.59. The van der Waals surface area contributed by atoms with E-state index in [0.29, 0.717) is 10.6 Å². The van der Waals surface area contributed by atoms with Crippen molar-refractivity contribution in [2.75, 3.05) is 5.32 Å². The second-order valence-corrected chi connectivity index (χ2v) is 5.99. The van der Waals surface area contributed by atoms with Gasteiger partial charge in [-0.1, -0.05) is 41.7 Å². The predicted molar refractivity (Wildman–Crippen MR) is 81.3 cm³/mol. The summed E-state index contributed by atoms with van der Waals surface area (Å²) in [6.45, 7) is 1.70. The first-order valence-electron chi connectivity index (χ1n) is 6.78. The van der Waals surface area contributed by atoms with Gasteiger partial charge in [0, 0.05) is 0 Å². The summed E-state index contributed by atoms with van der Waals surface area (Å²) in [7, 11) is 0. The van der Waals surface area contributed by atoms with Crippen molar-refractivity contribution in [3.8, 4) is 0 Å². The van der Waals surface area contributed by atoms with E-state index in [0.717, 1.165) is 11.3 Å². The van der Waals surface area contributed by atoms with Gasteiger partial charge in [0.2, 0.25) is 11.0 Å². The van der Waals surface area contributed by atoms with E-state index in [2.05, 4.69) is 15.5 Å². The molecule has 1 heterocycles. The van der Waals surface area contributed by atoms with Crippen molar-refractivity contribution in [2.24, 2.45) is 0 Å². The van der Waals surface area contributed by atoms with Crippen LogP contribution in [-0.4, -0.2) is 28.2 Å². The zero-order chi connectivity index (χ0) is 17.7. The fraction of sp³-hybridized carbons (Fsp3) is 0.286. The molecule has 1 atom stereocenters. The molecule has 1 aromatic heterocycles. The fourth-order valence-corrected chi connectivity index (χ4v) is 2.49. The lowest BCUT2D eigenvalue weighted by Crippen LogP contribution is -2.40. The summed E-state index contributed by atoms with van der Waals surface area (Å²) in [4.78, 5) is 23.2. The summed E-state index contributed by atoms with van der Waals surface area (Å²) in [6.07, 6.45) is -5.40. The van der Waals surface area contributed by atoms with Gasteiger partial charge in [0.25, 0.3) is 0 Å². The van der Waals surface area contributed by atoms with Crippen molar-refractivity contribution >= 4 is 28.3 Å². The zero-order valence-electron chi connectivity index (χ0n) is 12.4. The molecule has 24 heavy (non-hydrogen) atoms. The van der Waals surface area contributed by atoms with Gasteiger partial charge in [0.15, 0.2) is 0 Å². The first-order chi connectivity index (χ1) is 11.3. The van der Waals surface area contributed by atoms with Crippen LogP contribution in [0.4, 0.5) is 18.3 Å². The summed E-state index contributed by atoms with van der Waals surface area (Å²) in [5.74, 6) is -2.68. The maximum absolute atomic E-state index is 12.5. The number of aromatic nitrogens is 2. The number of amides is 2. The van der Waals surface area contributed by atoms with Gasteiger partial charge in [-0.25, -0.2) is 0 Å². The molecular weight excluding hydrogens is 345 g/mol. The molecule has 0 spiro atoms. The number of carbonyl (C=O) groups is 2. The molecule has 0 aliphatic carbocycles. The van der Waals surface area contributed by atoms with Crippen molar-refractivity contribution in [2.45, 2.75) is 25.6 Å². The van der Waals surface area contributed by atoms with Crippen molar-refractivity contribution in [1.29, 1.82) is 0 Å². The second-order valence-electron chi connectivity index (χ2n) is 4.81. The van der Waals surface area contributed by atoms with Gasteiger partial charge in [0.1, 0.15) is 5.01 Å². The zero-order valence-corrected chi connectivity index (χ0v) is 13.2. The topological polar surface area (TPSA) is 84.0 Å². The summed E-state index contributed by atoms with van der Waals surface area (Å²) >= 11 is 1.14. The van der Waals surface area contributed by atoms with E-state index < -0.39 is 24.0 Å². The number of nitrogens with zero attached hydrogens (tertiary/aromatic N) is 2. The van der Waals surface area contributed by atoms with Gasteiger partial charge in [-0.3, -0.25) is 9.59 Å². The third-order valence-corrected chi connectivity index (χ3v) is 3.68. The van der Waals surface area contributed by atoms with E-state index in [9.17, 15) is 22.8 Å². The summed E-state index contributed by atoms with van der Waals surface area (Å²) < 4.78 is 37.4. The minimum absolute atomic E-state index is 0.242. The van der Waals surface area contributed by atoms with Gasteiger partial charge in [-0.2, -0.15) is 13.2 Å². The molecule has 0 fully saturated rings. The number of nitrogens with one attached hydrogen (secondary N) is 2. The minimum Gasteiger partial charge on any atom is -0.341 e. The van der Waals surface area contributed by atoms with Gasteiger partial charge in [-0.15, -0.1) is 10.2 Å². The maximum atomic E-state index is 12.5. The van der Waals surface area contributed by atoms with Crippen LogP contribution in [0.15, 0.2) is 30.3 Å². The van der Waals surface area contributed by atoms with Crippen LogP contribution in [0.25, 0.3) is 0 Å². The molecule has 0 bridgehead atoms. The Morgan fingerprint density at radius 1 is 1.21 bits per heavy atom. The minimum atomic E-state index is -5.03. The van der Waals surface area contributed by atoms with Crippen molar-refractivity contribution in [1.82, 2.24) is 15.5 Å². The van der Waals surface area contributed by atoms with Crippen molar-refractivity contribution in [3.05, 3.63) is 40.9 Å². The highest BCUT2D eigenvalue weighted by Crippen LogP contribution is 2.22. The van der Waals surface area contributed by atoms with E-state index >= 15 is 0 Å². The molecule has 2 N–H and O–H groups in total. The van der Waals surface area contributed by atoms with Crippen LogP contribution in [0.3, 0.4) is 0 Å². The third-order valence-electron chi connectivity index (χ3n) is 2.93. The van der Waals surface area contributed by atoms with Crippen LogP contribution >= 0.6 is 11.3 Å². The first-order valence-corrected chi connectivity index (χ1v) is 7.60. The van der Waals surface area contributed by atoms with Gasteiger partial charge in [0.05, 0.1) is 12.5 Å². The summed E-state index contributed by atoms with van der Waals surface area (Å²) in [5.41, 5.74) is 0.388. The van der Waals surface area contributed by atoms with Crippen LogP contribution in [-0.2, 0) is 9.59 Å². The molecule has 0 saturated carbocycles. The molecule has 2 rings (SSSR count). The van der Waals surface area contributed by atoms with E-state index in [1.54, 1.807) is 25.1 Å². The average molecular weight is 358 g/mol. The van der Waals surface area contributed by atoms with E-state index in [1.807, 2.05) is 5.32 Å². The Balaban J connectivity index is 2.10. The third kappa shape index (κ3) is 5.01. The number of aryl methyl sites for hydroxylation is 1. The number of benzene rings is 1. The Kier molecular flexibility index (Phi) is 5.50. The van der Waals surface area contributed by atoms with Crippen LogP contribution in [0, 0.1) is 6.92 Å². The number of anilines is 1. The summed E-state index contributed by atoms with van der Waals surface area (Å²) in [6, 6.07) is 6.83. The van der Waals surface area contributed by atoms with Gasteiger partial charge >= 0.3 is 12.1 Å². The number of hydrogen-bond acceptors (Lipinski definition) is 5. The lowest BCUT2D eigenvalue weighted by molar-refractivity contribution is -0.174. The quantitative estimate of drug-likeness (QED) is 0.861. The molecule has 1 aromatic carbocycles. The largest absolute Gasteiger partial charge is 0.471 e. The molecule has 6 nitrogen and oxygen atoms in total. The Morgan fingerprint density at radius 2 is 1.88 bits per heavy atom. The highest BCUT2D eigenvalue weighted by atomic mass is 32.1. The highest BCUT2D eigenvalue weighted by Gasteiger charge is 2.40. The Hall–Kier alpha value is -2.49. The van der Waals surface area contributed by atoms with Gasteiger partial charge < -0.3 is 10.6 Å². The molecule has 0 radical (unpaired) electrons. The molecule has 0 aliphatic heterocycles. The Labute approximate surface area is 139 Å². The van der Waals surface area contributed by atoms with Crippen molar-refractivity contribution < 1.29 is 22.8 Å². The smallest absolute Gasteiger partial charge is 0.341 e. The van der Waals surface area contributed by atoms with Crippen LogP contribution in [0.2, 0.25) is 0 Å². The molecule has 10 heteroatoms. The lowest BCUT2D eigenvalue weighted by atomic mass is 10.0. The number of rotatable bonds is 5. The van der Waals surface area contributed by atoms with Crippen LogP contribution in [0.1, 0.15) is 23.0 Å². The maximum Gasteiger partial charge on any atom is 0.471 e. The molecule has 2 aromatic rings. The number of halogens is 3. The molecule has 0 saturated heterocycles. The van der Waals surface area contributed by atoms with Crippen LogP contribution < -0.4 is 10.6 Å². The monoisotopic (exact) mass is 358 g/mol. The average Bonchev–Trinajstić information content (AvgIpc) is 2.91. The summed E-state index contributed by atoms with van der Waals surface area (Å²) in [5, 5.41) is 12.6. The fourth-order valence-electron chi connectivity index (χ4n) is 1.88. The molecule has 2 amide bonds. The molecule has 0 aliphatic rings. The highest BCUT2D eigenvalue weighted by molar-refractivity contribution is 7.15. The number of hydrogen-bond donors (Lipinski definition) is 2. The van der Waals surface area contributed by atoms with Crippen molar-refractivity contribution in [3.63, 3.8) is 0 Å². The Morgan fingerprint density at radius 3 is 2.42 bits per heavy atom.